The summed E-state index contributed by atoms with van der Waals surface area (Å²) in [4.78, 5) is 31.3. The summed E-state index contributed by atoms with van der Waals surface area (Å²) in [6.07, 6.45) is 1.49. The predicted octanol–water partition coefficient (Wildman–Crippen LogP) is 4.16. The van der Waals surface area contributed by atoms with Gasteiger partial charge in [-0.2, -0.15) is 8.78 Å². The Hall–Kier alpha value is -3.11. The van der Waals surface area contributed by atoms with E-state index in [1.54, 1.807) is 32.0 Å². The normalized spacial score (nSPS) is 15.8. The number of allylic oxidation sites excluding steroid dienone is 1. The van der Waals surface area contributed by atoms with E-state index in [-0.39, 0.29) is 22.5 Å². The zero-order chi connectivity index (χ0) is 24.4. The summed E-state index contributed by atoms with van der Waals surface area (Å²) >= 11 is 4.51. The maximum absolute atomic E-state index is 13.5. The van der Waals surface area contributed by atoms with Crippen molar-refractivity contribution in [3.63, 3.8) is 0 Å². The molecule has 6 nitrogen and oxygen atoms in total. The van der Waals surface area contributed by atoms with E-state index in [4.69, 9.17) is 4.74 Å². The number of para-hydroxylation sites is 1. The smallest absolute Gasteiger partial charge is 0.387 e. The number of halogens is 3. The van der Waals surface area contributed by atoms with Crippen molar-refractivity contribution in [2.45, 2.75) is 26.5 Å². The molecule has 0 N–H and O–H groups in total. The molecule has 1 aliphatic heterocycles. The van der Waals surface area contributed by atoms with Gasteiger partial charge in [-0.3, -0.25) is 9.36 Å². The molecule has 0 bridgehead atoms. The summed E-state index contributed by atoms with van der Waals surface area (Å²) in [6, 6.07) is 12.7. The zero-order valence-electron chi connectivity index (χ0n) is 18.1. The molecule has 2 aromatic carbocycles. The number of hydrogen-bond donors (Lipinski definition) is 0. The minimum absolute atomic E-state index is 0.0452. The third-order valence-electron chi connectivity index (χ3n) is 5.12. The second kappa shape index (κ2) is 10.0. The van der Waals surface area contributed by atoms with E-state index in [1.807, 2.05) is 24.3 Å². The molecule has 0 saturated heterocycles. The van der Waals surface area contributed by atoms with Crippen molar-refractivity contribution in [3.05, 3.63) is 95.1 Å². The highest BCUT2D eigenvalue weighted by Gasteiger charge is 2.33. The number of carbonyl (C=O) groups excluding carboxylic acids is 1. The highest BCUT2D eigenvalue weighted by molar-refractivity contribution is 9.10. The molecule has 34 heavy (non-hydrogen) atoms. The minimum atomic E-state index is -3.00. The fraction of sp³-hybridized carbons (Fsp3) is 0.208. The molecule has 176 valence electrons. The van der Waals surface area contributed by atoms with E-state index in [1.165, 1.54) is 16.7 Å². The maximum atomic E-state index is 13.5. The third kappa shape index (κ3) is 4.74. The SMILES string of the molecule is CCOC(=O)C1=C(C)N=c2s/c(=C\c3ccccc3OC(F)F)c(=O)n2C1c1ccc(Br)cc1. The number of carbonyl (C=O) groups is 1. The third-order valence-corrected chi connectivity index (χ3v) is 6.64. The van der Waals surface area contributed by atoms with Gasteiger partial charge >= 0.3 is 12.6 Å². The maximum Gasteiger partial charge on any atom is 0.387 e. The van der Waals surface area contributed by atoms with Crippen molar-refractivity contribution in [3.8, 4) is 5.75 Å². The van der Waals surface area contributed by atoms with Crippen LogP contribution in [0.15, 0.2) is 74.1 Å². The summed E-state index contributed by atoms with van der Waals surface area (Å²) < 4.78 is 38.1. The molecule has 3 aromatic rings. The van der Waals surface area contributed by atoms with Crippen molar-refractivity contribution >= 4 is 39.3 Å². The predicted molar refractivity (Wildman–Crippen MR) is 128 cm³/mol. The fourth-order valence-electron chi connectivity index (χ4n) is 3.70. The average Bonchev–Trinajstić information content (AvgIpc) is 3.09. The van der Waals surface area contributed by atoms with Crippen LogP contribution in [0.4, 0.5) is 8.78 Å². The van der Waals surface area contributed by atoms with Crippen LogP contribution in [-0.2, 0) is 9.53 Å². The van der Waals surface area contributed by atoms with Gasteiger partial charge in [-0.25, -0.2) is 9.79 Å². The number of esters is 1. The van der Waals surface area contributed by atoms with Crippen molar-refractivity contribution in [2.24, 2.45) is 4.99 Å². The Kier molecular flexibility index (Phi) is 7.08. The van der Waals surface area contributed by atoms with Crippen LogP contribution in [0.5, 0.6) is 5.75 Å². The summed E-state index contributed by atoms with van der Waals surface area (Å²) in [7, 11) is 0. The number of ether oxygens (including phenoxy) is 2. The zero-order valence-corrected chi connectivity index (χ0v) is 20.5. The van der Waals surface area contributed by atoms with E-state index < -0.39 is 24.2 Å². The first-order valence-corrected chi connectivity index (χ1v) is 11.9. The number of rotatable bonds is 6. The van der Waals surface area contributed by atoms with Crippen molar-refractivity contribution < 1.29 is 23.0 Å². The molecule has 0 radical (unpaired) electrons. The van der Waals surface area contributed by atoms with Crippen molar-refractivity contribution in [1.82, 2.24) is 4.57 Å². The van der Waals surface area contributed by atoms with Crippen LogP contribution in [0.1, 0.15) is 31.0 Å². The number of nitrogens with zero attached hydrogens (tertiary/aromatic N) is 2. The lowest BCUT2D eigenvalue weighted by Gasteiger charge is -2.24. The molecule has 2 heterocycles. The molecule has 1 atom stereocenters. The molecule has 0 spiro atoms. The van der Waals surface area contributed by atoms with Crippen molar-refractivity contribution in [2.75, 3.05) is 6.61 Å². The number of benzene rings is 2. The lowest BCUT2D eigenvalue weighted by molar-refractivity contribution is -0.139. The van der Waals surface area contributed by atoms with Gasteiger partial charge in [-0.05, 0) is 43.7 Å². The van der Waals surface area contributed by atoms with E-state index in [2.05, 4.69) is 25.7 Å². The molecule has 1 aliphatic rings. The molecular weight excluding hydrogens is 530 g/mol. The molecule has 0 aliphatic carbocycles. The van der Waals surface area contributed by atoms with Crippen molar-refractivity contribution in [1.29, 1.82) is 0 Å². The van der Waals surface area contributed by atoms with Gasteiger partial charge in [0.1, 0.15) is 5.75 Å². The Bertz CT molecular complexity index is 1440. The lowest BCUT2D eigenvalue weighted by atomic mass is 9.96. The van der Waals surface area contributed by atoms with Crippen LogP contribution >= 0.6 is 27.3 Å². The van der Waals surface area contributed by atoms with Gasteiger partial charge in [-0.1, -0.05) is 57.6 Å². The summed E-state index contributed by atoms with van der Waals surface area (Å²) in [6.45, 7) is 0.578. The Morgan fingerprint density at radius 1 is 1.24 bits per heavy atom. The van der Waals surface area contributed by atoms with Crippen LogP contribution in [-0.4, -0.2) is 23.8 Å². The molecule has 0 saturated carbocycles. The molecular formula is C24H19BrF2N2O4S. The fourth-order valence-corrected chi connectivity index (χ4v) is 5.00. The standard InChI is InChI=1S/C24H19BrF2N2O4S/c1-3-32-22(31)19-13(2)28-24-29(20(19)14-8-10-16(25)11-9-14)21(30)18(34-24)12-15-6-4-5-7-17(15)33-23(26)27/h4-12,20,23H,3H2,1-2H3/b18-12-. The summed E-state index contributed by atoms with van der Waals surface area (Å²) in [5.74, 6) is -0.599. The highest BCUT2D eigenvalue weighted by atomic mass is 79.9. The second-order valence-corrected chi connectivity index (χ2v) is 9.19. The Morgan fingerprint density at radius 3 is 2.62 bits per heavy atom. The van der Waals surface area contributed by atoms with Gasteiger partial charge in [-0.15, -0.1) is 0 Å². The van der Waals surface area contributed by atoms with Crippen LogP contribution in [0.25, 0.3) is 6.08 Å². The van der Waals surface area contributed by atoms with Crippen LogP contribution in [0.2, 0.25) is 0 Å². The molecule has 0 amide bonds. The van der Waals surface area contributed by atoms with Crippen LogP contribution in [0.3, 0.4) is 0 Å². The first-order chi connectivity index (χ1) is 16.3. The van der Waals surface area contributed by atoms with E-state index >= 15 is 0 Å². The van der Waals surface area contributed by atoms with Crippen LogP contribution < -0.4 is 19.6 Å². The molecule has 1 unspecified atom stereocenters. The lowest BCUT2D eigenvalue weighted by Crippen LogP contribution is -2.39. The van der Waals surface area contributed by atoms with Gasteiger partial charge < -0.3 is 9.47 Å². The topological polar surface area (TPSA) is 69.9 Å². The molecule has 1 aromatic heterocycles. The van der Waals surface area contributed by atoms with Gasteiger partial charge in [0.2, 0.25) is 0 Å². The highest BCUT2D eigenvalue weighted by Crippen LogP contribution is 2.31. The van der Waals surface area contributed by atoms with Gasteiger partial charge in [0.25, 0.3) is 5.56 Å². The number of fused-ring (bicyclic) bond motifs is 1. The number of thiazole rings is 1. The quantitative estimate of drug-likeness (QED) is 0.433. The second-order valence-electron chi connectivity index (χ2n) is 7.27. The van der Waals surface area contributed by atoms with Crippen LogP contribution in [0, 0.1) is 0 Å². The monoisotopic (exact) mass is 548 g/mol. The molecule has 4 rings (SSSR count). The van der Waals surface area contributed by atoms with E-state index in [9.17, 15) is 18.4 Å². The first-order valence-electron chi connectivity index (χ1n) is 10.3. The van der Waals surface area contributed by atoms with E-state index in [0.717, 1.165) is 15.8 Å². The molecule has 10 heteroatoms. The number of alkyl halides is 2. The average molecular weight is 549 g/mol. The minimum Gasteiger partial charge on any atom is -0.463 e. The Labute approximate surface area is 205 Å². The van der Waals surface area contributed by atoms with Gasteiger partial charge in [0.15, 0.2) is 4.80 Å². The first kappa shape index (κ1) is 24.0. The van der Waals surface area contributed by atoms with Gasteiger partial charge in [0, 0.05) is 10.0 Å². The number of hydrogen-bond acceptors (Lipinski definition) is 6. The van der Waals surface area contributed by atoms with Gasteiger partial charge in [0.05, 0.1) is 28.5 Å². The molecule has 0 fully saturated rings. The summed E-state index contributed by atoms with van der Waals surface area (Å²) in [5, 5.41) is 0. The van der Waals surface area contributed by atoms with E-state index in [0.29, 0.717) is 21.6 Å². The number of aromatic nitrogens is 1. The largest absolute Gasteiger partial charge is 0.463 e. The Balaban J connectivity index is 1.93. The Morgan fingerprint density at radius 2 is 1.94 bits per heavy atom. The summed E-state index contributed by atoms with van der Waals surface area (Å²) in [5.41, 5.74) is 1.34.